The first kappa shape index (κ1) is 23.8. The summed E-state index contributed by atoms with van der Waals surface area (Å²) < 4.78 is 11.6. The van der Waals surface area contributed by atoms with Crippen molar-refractivity contribution in [1.29, 1.82) is 0 Å². The van der Waals surface area contributed by atoms with E-state index in [1.165, 1.54) is 4.90 Å². The second kappa shape index (κ2) is 9.26. The van der Waals surface area contributed by atoms with Crippen LogP contribution >= 0.6 is 11.6 Å². The lowest BCUT2D eigenvalue weighted by molar-refractivity contribution is -0.155. The van der Waals surface area contributed by atoms with Crippen molar-refractivity contribution in [3.63, 3.8) is 0 Å². The number of aliphatic hydroxyl groups excluding tert-OH is 1. The Kier molecular flexibility index (Phi) is 6.29. The van der Waals surface area contributed by atoms with Crippen molar-refractivity contribution in [2.75, 3.05) is 18.5 Å². The molecule has 3 aliphatic rings. The summed E-state index contributed by atoms with van der Waals surface area (Å²) in [5, 5.41) is 13.8. The molecule has 0 aromatic heterocycles. The number of ether oxygens (including phenoxy) is 2. The lowest BCUT2D eigenvalue weighted by atomic mass is 9.70. The number of anilines is 1. The largest absolute Gasteiger partial charge is 0.466 e. The van der Waals surface area contributed by atoms with Crippen LogP contribution in [0.25, 0.3) is 0 Å². The number of nitrogens with zero attached hydrogens (tertiary/aromatic N) is 1. The monoisotopic (exact) mass is 498 g/mol. The van der Waals surface area contributed by atoms with Crippen LogP contribution in [0.1, 0.15) is 31.4 Å². The highest BCUT2D eigenvalue weighted by molar-refractivity contribution is 6.30. The predicted molar refractivity (Wildman–Crippen MR) is 127 cm³/mol. The van der Waals surface area contributed by atoms with Gasteiger partial charge in [0.2, 0.25) is 11.8 Å². The first-order valence-electron chi connectivity index (χ1n) is 11.8. The van der Waals surface area contributed by atoms with Crippen molar-refractivity contribution in [3.05, 3.63) is 65.2 Å². The molecule has 3 heterocycles. The van der Waals surface area contributed by atoms with E-state index >= 15 is 0 Å². The van der Waals surface area contributed by atoms with Crippen LogP contribution in [-0.4, -0.2) is 58.8 Å². The van der Waals surface area contributed by atoms with E-state index in [9.17, 15) is 19.5 Å². The smallest absolute Gasteiger partial charge is 0.312 e. The van der Waals surface area contributed by atoms with E-state index in [2.05, 4.69) is 5.32 Å². The molecular formula is C26H27ClN2O6. The number of halogens is 1. The highest BCUT2D eigenvalue weighted by atomic mass is 35.5. The van der Waals surface area contributed by atoms with E-state index in [-0.39, 0.29) is 12.5 Å². The molecule has 2 bridgehead atoms. The molecule has 35 heavy (non-hydrogen) atoms. The fourth-order valence-corrected chi connectivity index (χ4v) is 6.13. The van der Waals surface area contributed by atoms with Gasteiger partial charge < -0.3 is 24.8 Å². The van der Waals surface area contributed by atoms with Gasteiger partial charge in [0.1, 0.15) is 11.6 Å². The van der Waals surface area contributed by atoms with Crippen LogP contribution in [0, 0.1) is 11.8 Å². The van der Waals surface area contributed by atoms with Gasteiger partial charge in [-0.3, -0.25) is 14.4 Å². The standard InChI is InChI=1S/C26H27ClN2O6/c1-2-34-25(33)20-19-12-13-26(35-19)21(20)24(32)29(18(14-30)15-6-4-3-5-7-15)22(26)23(31)28-17-10-8-16(27)9-11-17/h3-11,18-22,30H,2,12-14H2,1H3,(H,28,31)/t18-,19-,20+,21+,22?,26?/m1/s1. The van der Waals surface area contributed by atoms with Gasteiger partial charge in [-0.1, -0.05) is 41.9 Å². The summed E-state index contributed by atoms with van der Waals surface area (Å²) >= 11 is 5.98. The molecule has 5 rings (SSSR count). The van der Waals surface area contributed by atoms with Crippen molar-refractivity contribution < 1.29 is 29.0 Å². The molecule has 3 aliphatic heterocycles. The molecule has 3 fully saturated rings. The first-order valence-corrected chi connectivity index (χ1v) is 12.2. The maximum absolute atomic E-state index is 14.0. The Morgan fingerprint density at radius 1 is 1.23 bits per heavy atom. The number of nitrogens with one attached hydrogen (secondary N) is 1. The number of hydrogen-bond acceptors (Lipinski definition) is 6. The van der Waals surface area contributed by atoms with Gasteiger partial charge in [0.15, 0.2) is 0 Å². The zero-order valence-electron chi connectivity index (χ0n) is 19.2. The van der Waals surface area contributed by atoms with Crippen LogP contribution < -0.4 is 5.32 Å². The van der Waals surface area contributed by atoms with Gasteiger partial charge in [-0.25, -0.2) is 0 Å². The Labute approximate surface area is 208 Å². The lowest BCUT2D eigenvalue weighted by Gasteiger charge is -2.36. The van der Waals surface area contributed by atoms with E-state index in [0.29, 0.717) is 29.1 Å². The van der Waals surface area contributed by atoms with Gasteiger partial charge in [-0.2, -0.15) is 0 Å². The van der Waals surface area contributed by atoms with Crippen molar-refractivity contribution in [2.24, 2.45) is 11.8 Å². The number of aliphatic hydroxyl groups is 1. The molecule has 0 saturated carbocycles. The molecule has 184 valence electrons. The minimum absolute atomic E-state index is 0.184. The third-order valence-electron chi connectivity index (χ3n) is 7.35. The molecule has 2 aromatic carbocycles. The topological polar surface area (TPSA) is 105 Å². The molecule has 2 unspecified atom stereocenters. The Morgan fingerprint density at radius 3 is 2.60 bits per heavy atom. The third kappa shape index (κ3) is 3.80. The van der Waals surface area contributed by atoms with Gasteiger partial charge in [-0.15, -0.1) is 0 Å². The van der Waals surface area contributed by atoms with Crippen LogP contribution in [0.3, 0.4) is 0 Å². The highest BCUT2D eigenvalue weighted by Gasteiger charge is 2.75. The lowest BCUT2D eigenvalue weighted by Crippen LogP contribution is -2.54. The van der Waals surface area contributed by atoms with E-state index in [4.69, 9.17) is 21.1 Å². The number of amides is 2. The van der Waals surface area contributed by atoms with Crippen molar-refractivity contribution in [1.82, 2.24) is 4.90 Å². The number of esters is 1. The summed E-state index contributed by atoms with van der Waals surface area (Å²) in [6, 6.07) is 13.9. The molecule has 3 saturated heterocycles. The van der Waals surface area contributed by atoms with Crippen molar-refractivity contribution in [2.45, 2.75) is 43.6 Å². The number of fused-ring (bicyclic) bond motifs is 1. The summed E-state index contributed by atoms with van der Waals surface area (Å²) in [6.45, 7) is 1.50. The Balaban J connectivity index is 1.57. The van der Waals surface area contributed by atoms with E-state index in [1.807, 2.05) is 18.2 Å². The molecular weight excluding hydrogens is 472 g/mol. The molecule has 2 N–H and O–H groups in total. The average molecular weight is 499 g/mol. The van der Waals surface area contributed by atoms with Gasteiger partial charge in [-0.05, 0) is 49.6 Å². The zero-order chi connectivity index (χ0) is 24.7. The summed E-state index contributed by atoms with van der Waals surface area (Å²) in [5.74, 6) is -2.97. The number of rotatable bonds is 7. The van der Waals surface area contributed by atoms with Crippen LogP contribution in [-0.2, 0) is 23.9 Å². The summed E-state index contributed by atoms with van der Waals surface area (Å²) in [5.41, 5.74) is 0.0189. The first-order chi connectivity index (χ1) is 16.9. The molecule has 0 aliphatic carbocycles. The highest BCUT2D eigenvalue weighted by Crippen LogP contribution is 2.59. The van der Waals surface area contributed by atoms with E-state index < -0.39 is 54.1 Å². The van der Waals surface area contributed by atoms with Crippen LogP contribution in [0.2, 0.25) is 5.02 Å². The quantitative estimate of drug-likeness (QED) is 0.569. The normalized spacial score (nSPS) is 29.7. The molecule has 1 spiro atoms. The molecule has 6 atom stereocenters. The van der Waals surface area contributed by atoms with Crippen molar-refractivity contribution in [3.8, 4) is 0 Å². The van der Waals surface area contributed by atoms with Gasteiger partial charge >= 0.3 is 5.97 Å². The number of carbonyl (C=O) groups is 3. The summed E-state index contributed by atoms with van der Waals surface area (Å²) in [6.07, 6.45) is 0.507. The number of hydrogen-bond donors (Lipinski definition) is 2. The minimum Gasteiger partial charge on any atom is -0.466 e. The fourth-order valence-electron chi connectivity index (χ4n) is 6.01. The van der Waals surface area contributed by atoms with Crippen LogP contribution in [0.15, 0.2) is 54.6 Å². The fraction of sp³-hybridized carbons (Fsp3) is 0.423. The van der Waals surface area contributed by atoms with Gasteiger partial charge in [0, 0.05) is 10.7 Å². The zero-order valence-corrected chi connectivity index (χ0v) is 20.0. The maximum Gasteiger partial charge on any atom is 0.312 e. The number of benzene rings is 2. The summed E-state index contributed by atoms with van der Waals surface area (Å²) in [7, 11) is 0. The molecule has 8 nitrogen and oxygen atoms in total. The maximum atomic E-state index is 14.0. The Morgan fingerprint density at radius 2 is 1.94 bits per heavy atom. The Hall–Kier alpha value is -2.94. The number of likely N-dealkylation sites (tertiary alicyclic amines) is 1. The van der Waals surface area contributed by atoms with Crippen LogP contribution in [0.4, 0.5) is 5.69 Å². The van der Waals surface area contributed by atoms with Crippen LogP contribution in [0.5, 0.6) is 0 Å². The Bertz CT molecular complexity index is 1130. The molecule has 2 amide bonds. The third-order valence-corrected chi connectivity index (χ3v) is 7.60. The molecule has 9 heteroatoms. The SMILES string of the molecule is CCOC(=O)[C@@H]1[C@H]2C(=O)N([C@H](CO)c3ccccc3)C(C(=O)Nc3ccc(Cl)cc3)C23CC[C@H]1O3. The second-order valence-corrected chi connectivity index (χ2v) is 9.60. The molecule has 2 aromatic rings. The average Bonchev–Trinajstić information content (AvgIpc) is 3.50. The molecule has 0 radical (unpaired) electrons. The van der Waals surface area contributed by atoms with Crippen molar-refractivity contribution >= 4 is 35.1 Å². The number of carbonyl (C=O) groups excluding carboxylic acids is 3. The minimum atomic E-state index is -1.18. The second-order valence-electron chi connectivity index (χ2n) is 9.16. The van der Waals surface area contributed by atoms with E-state index in [0.717, 1.165) is 0 Å². The predicted octanol–water partition coefficient (Wildman–Crippen LogP) is 2.95. The van der Waals surface area contributed by atoms with Gasteiger partial charge in [0.25, 0.3) is 0 Å². The van der Waals surface area contributed by atoms with Gasteiger partial charge in [0.05, 0.1) is 37.2 Å². The van der Waals surface area contributed by atoms with E-state index in [1.54, 1.807) is 43.3 Å². The summed E-state index contributed by atoms with van der Waals surface area (Å²) in [4.78, 5) is 42.1.